The Labute approximate surface area is 137 Å². The SMILES string of the molecule is CN=C(NCc1nc(C(C)(C)C)cs1)NCC(C)(C)SC. The molecule has 0 bridgehead atoms. The fourth-order valence-electron chi connectivity index (χ4n) is 1.49. The van der Waals surface area contributed by atoms with Crippen LogP contribution in [0.2, 0.25) is 0 Å². The molecule has 1 aromatic heterocycles. The van der Waals surface area contributed by atoms with Crippen molar-refractivity contribution >= 4 is 29.1 Å². The number of nitrogens with one attached hydrogen (secondary N) is 2. The van der Waals surface area contributed by atoms with Crippen molar-refractivity contribution in [3.63, 3.8) is 0 Å². The van der Waals surface area contributed by atoms with Crippen LogP contribution in [-0.4, -0.2) is 35.5 Å². The molecule has 2 N–H and O–H groups in total. The van der Waals surface area contributed by atoms with E-state index < -0.39 is 0 Å². The first-order valence-electron chi connectivity index (χ1n) is 7.12. The van der Waals surface area contributed by atoms with Gasteiger partial charge in [0.25, 0.3) is 0 Å². The normalized spacial score (nSPS) is 13.4. The highest BCUT2D eigenvalue weighted by molar-refractivity contribution is 7.99. The van der Waals surface area contributed by atoms with Crippen molar-refractivity contribution < 1.29 is 0 Å². The molecule has 1 rings (SSSR count). The van der Waals surface area contributed by atoms with Gasteiger partial charge in [-0.15, -0.1) is 11.3 Å². The smallest absolute Gasteiger partial charge is 0.191 e. The molecule has 0 aliphatic heterocycles. The van der Waals surface area contributed by atoms with Gasteiger partial charge >= 0.3 is 0 Å². The van der Waals surface area contributed by atoms with Crippen LogP contribution < -0.4 is 10.6 Å². The largest absolute Gasteiger partial charge is 0.355 e. The van der Waals surface area contributed by atoms with Gasteiger partial charge in [0, 0.05) is 29.1 Å². The Morgan fingerprint density at radius 3 is 2.43 bits per heavy atom. The number of aliphatic imine (C=N–C) groups is 1. The fraction of sp³-hybridized carbons (Fsp3) is 0.733. The number of guanidine groups is 1. The van der Waals surface area contributed by atoms with Gasteiger partial charge in [-0.25, -0.2) is 4.98 Å². The number of thioether (sulfide) groups is 1. The van der Waals surface area contributed by atoms with Gasteiger partial charge in [0.1, 0.15) is 5.01 Å². The molecule has 0 atom stereocenters. The zero-order chi connectivity index (χ0) is 16.1. The van der Waals surface area contributed by atoms with Gasteiger partial charge in [0.2, 0.25) is 0 Å². The summed E-state index contributed by atoms with van der Waals surface area (Å²) < 4.78 is 0.193. The summed E-state index contributed by atoms with van der Waals surface area (Å²) >= 11 is 3.54. The number of rotatable bonds is 5. The van der Waals surface area contributed by atoms with E-state index in [0.29, 0.717) is 6.54 Å². The van der Waals surface area contributed by atoms with E-state index in [1.165, 1.54) is 0 Å². The predicted molar refractivity (Wildman–Crippen MR) is 96.6 cm³/mol. The highest BCUT2D eigenvalue weighted by atomic mass is 32.2. The maximum atomic E-state index is 4.68. The number of thiazole rings is 1. The second-order valence-electron chi connectivity index (χ2n) is 6.62. The average molecular weight is 329 g/mol. The third-order valence-corrected chi connectivity index (χ3v) is 5.28. The van der Waals surface area contributed by atoms with Gasteiger partial charge in [-0.3, -0.25) is 4.99 Å². The molecule has 0 saturated heterocycles. The molecular weight excluding hydrogens is 300 g/mol. The van der Waals surface area contributed by atoms with Crippen LogP contribution in [0.5, 0.6) is 0 Å². The quantitative estimate of drug-likeness (QED) is 0.643. The summed E-state index contributed by atoms with van der Waals surface area (Å²) in [5, 5.41) is 9.92. The Morgan fingerprint density at radius 1 is 1.29 bits per heavy atom. The zero-order valence-corrected chi connectivity index (χ0v) is 15.8. The van der Waals surface area contributed by atoms with E-state index in [9.17, 15) is 0 Å². The number of aromatic nitrogens is 1. The summed E-state index contributed by atoms with van der Waals surface area (Å²) in [7, 11) is 1.80. The van der Waals surface area contributed by atoms with Crippen LogP contribution in [0.4, 0.5) is 0 Å². The summed E-state index contributed by atoms with van der Waals surface area (Å²) in [6.45, 7) is 12.6. The van der Waals surface area contributed by atoms with Crippen molar-refractivity contribution in [2.24, 2.45) is 4.99 Å². The Morgan fingerprint density at radius 2 is 1.95 bits per heavy atom. The standard InChI is InChI=1S/C15H28N4S2/c1-14(2,3)11-9-21-12(19-11)8-17-13(16-6)18-10-15(4,5)20-7/h9H,8,10H2,1-7H3,(H2,16,17,18). The molecule has 0 aliphatic carbocycles. The monoisotopic (exact) mass is 328 g/mol. The van der Waals surface area contributed by atoms with E-state index in [2.05, 4.69) is 66.9 Å². The predicted octanol–water partition coefficient (Wildman–Crippen LogP) is 3.25. The Balaban J connectivity index is 2.51. The highest BCUT2D eigenvalue weighted by Crippen LogP contribution is 2.23. The molecule has 0 aromatic carbocycles. The summed E-state index contributed by atoms with van der Waals surface area (Å²) in [6, 6.07) is 0. The first-order valence-corrected chi connectivity index (χ1v) is 9.23. The average Bonchev–Trinajstić information content (AvgIpc) is 2.88. The summed E-state index contributed by atoms with van der Waals surface area (Å²) in [4.78, 5) is 8.94. The van der Waals surface area contributed by atoms with E-state index in [0.717, 1.165) is 23.2 Å². The minimum atomic E-state index is 0.108. The topological polar surface area (TPSA) is 49.3 Å². The van der Waals surface area contributed by atoms with Crippen molar-refractivity contribution in [1.29, 1.82) is 0 Å². The summed E-state index contributed by atoms with van der Waals surface area (Å²) in [5.41, 5.74) is 1.26. The number of hydrogen-bond acceptors (Lipinski definition) is 4. The second-order valence-corrected chi connectivity index (χ2v) is 9.08. The molecule has 0 saturated carbocycles. The molecule has 21 heavy (non-hydrogen) atoms. The Kier molecular flexibility index (Phi) is 6.53. The van der Waals surface area contributed by atoms with Crippen LogP contribution in [0.25, 0.3) is 0 Å². The third kappa shape index (κ3) is 6.26. The molecule has 6 heteroatoms. The van der Waals surface area contributed by atoms with Crippen LogP contribution in [0.15, 0.2) is 10.4 Å². The van der Waals surface area contributed by atoms with Gasteiger partial charge in [0.15, 0.2) is 5.96 Å². The summed E-state index contributed by atoms with van der Waals surface area (Å²) in [6.07, 6.45) is 2.13. The maximum Gasteiger partial charge on any atom is 0.191 e. The molecule has 120 valence electrons. The molecule has 0 fully saturated rings. The molecule has 0 amide bonds. The maximum absolute atomic E-state index is 4.68. The van der Waals surface area contributed by atoms with Gasteiger partial charge in [-0.05, 0) is 20.1 Å². The minimum Gasteiger partial charge on any atom is -0.355 e. The van der Waals surface area contributed by atoms with Crippen molar-refractivity contribution in [2.75, 3.05) is 19.8 Å². The lowest BCUT2D eigenvalue weighted by atomic mass is 9.93. The van der Waals surface area contributed by atoms with Crippen molar-refractivity contribution in [2.45, 2.75) is 51.3 Å². The molecule has 0 spiro atoms. The fourth-order valence-corrected chi connectivity index (χ4v) is 2.66. The molecular formula is C15H28N4S2. The van der Waals surface area contributed by atoms with E-state index in [1.54, 1.807) is 18.4 Å². The third-order valence-electron chi connectivity index (χ3n) is 3.18. The lowest BCUT2D eigenvalue weighted by Gasteiger charge is -2.23. The Bertz CT molecular complexity index is 472. The zero-order valence-electron chi connectivity index (χ0n) is 14.2. The second kappa shape index (κ2) is 7.49. The molecule has 1 heterocycles. The van der Waals surface area contributed by atoms with Crippen LogP contribution >= 0.6 is 23.1 Å². The molecule has 4 nitrogen and oxygen atoms in total. The molecule has 0 unspecified atom stereocenters. The number of hydrogen-bond donors (Lipinski definition) is 2. The molecule has 0 aliphatic rings. The lowest BCUT2D eigenvalue weighted by molar-refractivity contribution is 0.570. The first-order chi connectivity index (χ1) is 9.68. The van der Waals surface area contributed by atoms with Gasteiger partial charge in [-0.1, -0.05) is 20.8 Å². The van der Waals surface area contributed by atoms with Gasteiger partial charge in [-0.2, -0.15) is 11.8 Å². The van der Waals surface area contributed by atoms with Crippen LogP contribution in [0.1, 0.15) is 45.3 Å². The first kappa shape index (κ1) is 18.3. The van der Waals surface area contributed by atoms with Crippen LogP contribution in [-0.2, 0) is 12.0 Å². The Hall–Kier alpha value is -0.750. The molecule has 0 radical (unpaired) electrons. The number of nitrogens with zero attached hydrogens (tertiary/aromatic N) is 2. The highest BCUT2D eigenvalue weighted by Gasteiger charge is 2.18. The van der Waals surface area contributed by atoms with E-state index >= 15 is 0 Å². The minimum absolute atomic E-state index is 0.108. The van der Waals surface area contributed by atoms with E-state index in [-0.39, 0.29) is 10.2 Å². The van der Waals surface area contributed by atoms with Crippen molar-refractivity contribution in [3.05, 3.63) is 16.1 Å². The van der Waals surface area contributed by atoms with E-state index in [4.69, 9.17) is 0 Å². The molecule has 1 aromatic rings. The van der Waals surface area contributed by atoms with Crippen molar-refractivity contribution in [3.8, 4) is 0 Å². The lowest BCUT2D eigenvalue weighted by Crippen LogP contribution is -2.43. The van der Waals surface area contributed by atoms with Crippen molar-refractivity contribution in [1.82, 2.24) is 15.6 Å². The van der Waals surface area contributed by atoms with Gasteiger partial charge in [0.05, 0.1) is 12.2 Å². The van der Waals surface area contributed by atoms with Crippen LogP contribution in [0.3, 0.4) is 0 Å². The van der Waals surface area contributed by atoms with E-state index in [1.807, 2.05) is 11.8 Å². The van der Waals surface area contributed by atoms with Gasteiger partial charge < -0.3 is 10.6 Å². The summed E-state index contributed by atoms with van der Waals surface area (Å²) in [5.74, 6) is 0.824. The van der Waals surface area contributed by atoms with Crippen LogP contribution in [0, 0.1) is 0 Å².